The Bertz CT molecular complexity index is 376. The van der Waals surface area contributed by atoms with Crippen LogP contribution in [0.4, 0.5) is 0 Å². The molecule has 72 valence electrons. The third kappa shape index (κ3) is 1.02. The second kappa shape index (κ2) is 2.74. The van der Waals surface area contributed by atoms with E-state index in [2.05, 4.69) is 40.7 Å². The summed E-state index contributed by atoms with van der Waals surface area (Å²) in [6.45, 7) is 0. The third-order valence-corrected chi connectivity index (χ3v) is 3.10. The molecule has 0 aromatic heterocycles. The minimum Gasteiger partial charge on any atom is -0.370 e. The van der Waals surface area contributed by atoms with E-state index in [1.807, 2.05) is 0 Å². The summed E-state index contributed by atoms with van der Waals surface area (Å²) in [7, 11) is 0. The first kappa shape index (κ1) is 7.85. The van der Waals surface area contributed by atoms with E-state index in [-0.39, 0.29) is 0 Å². The van der Waals surface area contributed by atoms with Crippen molar-refractivity contribution < 1.29 is 0 Å². The average Bonchev–Trinajstić information content (AvgIpc) is 2.18. The fourth-order valence-corrected chi connectivity index (χ4v) is 2.50. The van der Waals surface area contributed by atoms with Crippen LogP contribution in [0, 0.1) is 5.92 Å². The number of hydrogen-bond acceptors (Lipinski definition) is 3. The monoisotopic (exact) mass is 187 g/mol. The predicted octanol–water partition coefficient (Wildman–Crippen LogP) is 0.714. The molecule has 0 aromatic carbocycles. The second-order valence-corrected chi connectivity index (χ2v) is 3.97. The summed E-state index contributed by atoms with van der Waals surface area (Å²) in [5.41, 5.74) is 7.11. The SMILES string of the molecule is NC1=NC2CC=CC3=CC=CC(N1)C32. The maximum atomic E-state index is 5.74. The molecule has 3 heteroatoms. The molecule has 1 heterocycles. The Morgan fingerprint density at radius 2 is 2.43 bits per heavy atom. The minimum atomic E-state index is 0.336. The first-order valence-electron chi connectivity index (χ1n) is 4.99. The van der Waals surface area contributed by atoms with E-state index in [9.17, 15) is 0 Å². The van der Waals surface area contributed by atoms with E-state index < -0.39 is 0 Å². The summed E-state index contributed by atoms with van der Waals surface area (Å²) in [5.74, 6) is 1.06. The Hall–Kier alpha value is -1.51. The molecule has 14 heavy (non-hydrogen) atoms. The van der Waals surface area contributed by atoms with Crippen LogP contribution < -0.4 is 11.1 Å². The van der Waals surface area contributed by atoms with Crippen molar-refractivity contribution in [2.45, 2.75) is 18.5 Å². The van der Waals surface area contributed by atoms with Gasteiger partial charge in [0.05, 0.1) is 12.1 Å². The molecule has 0 bridgehead atoms. The van der Waals surface area contributed by atoms with E-state index in [1.165, 1.54) is 5.57 Å². The Kier molecular flexibility index (Phi) is 1.54. The topological polar surface area (TPSA) is 50.4 Å². The first-order chi connectivity index (χ1) is 6.84. The van der Waals surface area contributed by atoms with Crippen molar-refractivity contribution in [1.82, 2.24) is 5.32 Å². The zero-order chi connectivity index (χ0) is 9.54. The molecule has 0 saturated heterocycles. The van der Waals surface area contributed by atoms with E-state index in [0.29, 0.717) is 24.0 Å². The van der Waals surface area contributed by atoms with Crippen molar-refractivity contribution in [1.29, 1.82) is 0 Å². The molecule has 3 N–H and O–H groups in total. The minimum absolute atomic E-state index is 0.336. The van der Waals surface area contributed by atoms with Crippen LogP contribution in [0.2, 0.25) is 0 Å². The molecule has 0 fully saturated rings. The number of nitrogens with one attached hydrogen (secondary N) is 1. The zero-order valence-electron chi connectivity index (χ0n) is 7.85. The van der Waals surface area contributed by atoms with Gasteiger partial charge in [0.1, 0.15) is 0 Å². The van der Waals surface area contributed by atoms with Crippen LogP contribution in [-0.4, -0.2) is 18.0 Å². The van der Waals surface area contributed by atoms with Crippen molar-refractivity contribution in [3.8, 4) is 0 Å². The van der Waals surface area contributed by atoms with Gasteiger partial charge in [-0.3, -0.25) is 0 Å². The van der Waals surface area contributed by atoms with E-state index in [0.717, 1.165) is 6.42 Å². The smallest absolute Gasteiger partial charge is 0.189 e. The molecular weight excluding hydrogens is 174 g/mol. The fourth-order valence-electron chi connectivity index (χ4n) is 2.50. The molecule has 2 aliphatic carbocycles. The largest absolute Gasteiger partial charge is 0.370 e. The lowest BCUT2D eigenvalue weighted by Gasteiger charge is -2.39. The standard InChI is InChI=1S/C11H13N3/c12-11-13-8-5-1-3-7-4-2-6-9(14-11)10(7)8/h1-5,8-10H,6H2,(H3,12,13,14). The molecule has 0 saturated carbocycles. The van der Waals surface area contributed by atoms with Crippen molar-refractivity contribution >= 4 is 5.96 Å². The third-order valence-electron chi connectivity index (χ3n) is 3.10. The van der Waals surface area contributed by atoms with Gasteiger partial charge < -0.3 is 11.1 Å². The molecule has 3 atom stereocenters. The number of rotatable bonds is 0. The van der Waals surface area contributed by atoms with Gasteiger partial charge in [-0.05, 0) is 12.0 Å². The van der Waals surface area contributed by atoms with E-state index >= 15 is 0 Å². The normalized spacial score (nSPS) is 38.1. The molecule has 0 aromatic rings. The lowest BCUT2D eigenvalue weighted by molar-refractivity contribution is 0.392. The van der Waals surface area contributed by atoms with Crippen LogP contribution in [0.5, 0.6) is 0 Å². The highest BCUT2D eigenvalue weighted by Crippen LogP contribution is 2.34. The number of nitrogens with zero attached hydrogens (tertiary/aromatic N) is 1. The highest BCUT2D eigenvalue weighted by molar-refractivity contribution is 5.80. The van der Waals surface area contributed by atoms with Crippen LogP contribution in [0.15, 0.2) is 40.9 Å². The summed E-state index contributed by atoms with van der Waals surface area (Å²) in [6.07, 6.45) is 11.8. The molecule has 3 unspecified atom stereocenters. The van der Waals surface area contributed by atoms with Crippen molar-refractivity contribution in [3.63, 3.8) is 0 Å². The summed E-state index contributed by atoms with van der Waals surface area (Å²) in [5, 5.41) is 3.21. The van der Waals surface area contributed by atoms with Gasteiger partial charge in [0.15, 0.2) is 5.96 Å². The van der Waals surface area contributed by atoms with Crippen LogP contribution in [0.1, 0.15) is 6.42 Å². The van der Waals surface area contributed by atoms with Crippen LogP contribution in [0.3, 0.4) is 0 Å². The number of hydrogen-bond donors (Lipinski definition) is 2. The highest BCUT2D eigenvalue weighted by Gasteiger charge is 2.36. The highest BCUT2D eigenvalue weighted by atomic mass is 15.2. The quantitative estimate of drug-likeness (QED) is 0.587. The van der Waals surface area contributed by atoms with Gasteiger partial charge in [-0.2, -0.15) is 0 Å². The van der Waals surface area contributed by atoms with Gasteiger partial charge in [0.2, 0.25) is 0 Å². The summed E-state index contributed by atoms with van der Waals surface area (Å²) in [4.78, 5) is 4.44. The molecule has 0 radical (unpaired) electrons. The van der Waals surface area contributed by atoms with Gasteiger partial charge >= 0.3 is 0 Å². The number of nitrogens with two attached hydrogens (primary N) is 1. The maximum absolute atomic E-state index is 5.74. The van der Waals surface area contributed by atoms with Gasteiger partial charge in [-0.1, -0.05) is 30.4 Å². The van der Waals surface area contributed by atoms with Crippen LogP contribution >= 0.6 is 0 Å². The van der Waals surface area contributed by atoms with Crippen molar-refractivity contribution in [2.24, 2.45) is 16.6 Å². The molecule has 3 aliphatic rings. The summed E-state index contributed by atoms with van der Waals surface area (Å²) in [6, 6.07) is 0.671. The summed E-state index contributed by atoms with van der Waals surface area (Å²) < 4.78 is 0. The number of guanidine groups is 1. The Labute approximate surface area is 83.1 Å². The maximum Gasteiger partial charge on any atom is 0.189 e. The van der Waals surface area contributed by atoms with Crippen LogP contribution in [-0.2, 0) is 0 Å². The summed E-state index contributed by atoms with van der Waals surface area (Å²) >= 11 is 0. The van der Waals surface area contributed by atoms with E-state index in [4.69, 9.17) is 5.73 Å². The van der Waals surface area contributed by atoms with Crippen LogP contribution in [0.25, 0.3) is 0 Å². The Morgan fingerprint density at radius 1 is 1.50 bits per heavy atom. The molecule has 1 aliphatic heterocycles. The van der Waals surface area contributed by atoms with Gasteiger partial charge in [0, 0.05) is 5.92 Å². The Morgan fingerprint density at radius 3 is 3.36 bits per heavy atom. The zero-order valence-corrected chi connectivity index (χ0v) is 7.85. The van der Waals surface area contributed by atoms with Crippen molar-refractivity contribution in [3.05, 3.63) is 36.0 Å². The van der Waals surface area contributed by atoms with E-state index in [1.54, 1.807) is 0 Å². The van der Waals surface area contributed by atoms with Gasteiger partial charge in [-0.25, -0.2) is 4.99 Å². The van der Waals surface area contributed by atoms with Crippen molar-refractivity contribution in [2.75, 3.05) is 0 Å². The lowest BCUT2D eigenvalue weighted by atomic mass is 9.76. The average molecular weight is 187 g/mol. The van der Waals surface area contributed by atoms with Gasteiger partial charge in [0.25, 0.3) is 0 Å². The second-order valence-electron chi connectivity index (χ2n) is 3.97. The van der Waals surface area contributed by atoms with Gasteiger partial charge in [-0.15, -0.1) is 0 Å². The molecule has 0 amide bonds. The number of allylic oxidation sites excluding steroid dienone is 3. The first-order valence-corrected chi connectivity index (χ1v) is 4.99. The molecular formula is C11H13N3. The number of aliphatic imine (C=N–C) groups is 1. The fraction of sp³-hybridized carbons (Fsp3) is 0.364. The lowest BCUT2D eigenvalue weighted by Crippen LogP contribution is -2.52. The predicted molar refractivity (Wildman–Crippen MR) is 56.8 cm³/mol. The molecule has 3 nitrogen and oxygen atoms in total. The Balaban J connectivity index is 2.07. The molecule has 3 rings (SSSR count). The molecule has 0 spiro atoms.